The topological polar surface area (TPSA) is 25.8 Å². The molecule has 1 heterocycles. The Morgan fingerprint density at radius 2 is 1.12 bits per heavy atom. The molecule has 34 heavy (non-hydrogen) atoms. The predicted octanol–water partition coefficient (Wildman–Crippen LogP) is 10.0. The molecule has 1 aromatic heterocycles. The van der Waals surface area contributed by atoms with Gasteiger partial charge in [0.25, 0.3) is 0 Å². The van der Waals surface area contributed by atoms with Gasteiger partial charge < -0.3 is 0 Å². The highest BCUT2D eigenvalue weighted by Crippen LogP contribution is 2.20. The van der Waals surface area contributed by atoms with Crippen LogP contribution in [0, 0.1) is 11.6 Å². The highest BCUT2D eigenvalue weighted by atomic mass is 19.1. The summed E-state index contributed by atoms with van der Waals surface area (Å²) in [6.07, 6.45) is 27.1. The van der Waals surface area contributed by atoms with Crippen LogP contribution in [0.4, 0.5) is 8.78 Å². The predicted molar refractivity (Wildman–Crippen MR) is 140 cm³/mol. The van der Waals surface area contributed by atoms with Crippen LogP contribution in [0.25, 0.3) is 11.4 Å². The molecule has 0 fully saturated rings. The molecule has 2 aromatic rings. The number of benzene rings is 1. The lowest BCUT2D eigenvalue weighted by Gasteiger charge is -2.06. The lowest BCUT2D eigenvalue weighted by molar-refractivity contribution is 0.525. The summed E-state index contributed by atoms with van der Waals surface area (Å²) >= 11 is 0. The lowest BCUT2D eigenvalue weighted by atomic mass is 10.0. The largest absolute Gasteiger partial charge is 0.236 e. The van der Waals surface area contributed by atoms with Crippen LogP contribution in [0.15, 0.2) is 30.5 Å². The smallest absolute Gasteiger partial charge is 0.162 e. The Bertz CT molecular complexity index is 778. The van der Waals surface area contributed by atoms with E-state index in [0.29, 0.717) is 5.82 Å². The van der Waals surface area contributed by atoms with E-state index in [1.807, 2.05) is 6.07 Å². The zero-order valence-electron chi connectivity index (χ0n) is 21.5. The van der Waals surface area contributed by atoms with Gasteiger partial charge in [-0.2, -0.15) is 0 Å². The van der Waals surface area contributed by atoms with E-state index in [1.165, 1.54) is 121 Å². The fourth-order valence-corrected chi connectivity index (χ4v) is 4.54. The second-order valence-corrected chi connectivity index (χ2v) is 9.76. The van der Waals surface area contributed by atoms with E-state index >= 15 is 0 Å². The summed E-state index contributed by atoms with van der Waals surface area (Å²) in [5.41, 5.74) is 1.17. The number of aryl methyl sites for hydroxylation is 1. The monoisotopic (exact) mass is 472 g/mol. The molecule has 1 aromatic carbocycles. The van der Waals surface area contributed by atoms with Crippen molar-refractivity contribution < 1.29 is 8.78 Å². The van der Waals surface area contributed by atoms with E-state index in [4.69, 9.17) is 0 Å². The van der Waals surface area contributed by atoms with Gasteiger partial charge in [0.1, 0.15) is 11.6 Å². The van der Waals surface area contributed by atoms with Gasteiger partial charge in [0.15, 0.2) is 5.82 Å². The molecule has 0 saturated carbocycles. The minimum Gasteiger partial charge on any atom is -0.236 e. The number of aromatic nitrogens is 2. The molecule has 190 valence electrons. The van der Waals surface area contributed by atoms with Crippen molar-refractivity contribution in [3.63, 3.8) is 0 Å². The van der Waals surface area contributed by atoms with E-state index < -0.39 is 11.6 Å². The molecule has 0 aliphatic heterocycles. The van der Waals surface area contributed by atoms with Crippen molar-refractivity contribution in [3.05, 3.63) is 47.8 Å². The molecular formula is C30H46F2N2. The molecule has 0 radical (unpaired) electrons. The summed E-state index contributed by atoms with van der Waals surface area (Å²) in [6, 6.07) is 5.41. The molecule has 0 aliphatic rings. The van der Waals surface area contributed by atoms with Gasteiger partial charge in [-0.15, -0.1) is 0 Å². The number of hydrogen-bond donors (Lipinski definition) is 0. The van der Waals surface area contributed by atoms with E-state index in [9.17, 15) is 8.78 Å². The number of rotatable bonds is 20. The first-order valence-electron chi connectivity index (χ1n) is 14.0. The molecule has 0 spiro atoms. The van der Waals surface area contributed by atoms with Gasteiger partial charge in [-0.3, -0.25) is 0 Å². The Hall–Kier alpha value is -1.84. The van der Waals surface area contributed by atoms with Gasteiger partial charge in [-0.05, 0) is 31.0 Å². The van der Waals surface area contributed by atoms with Crippen molar-refractivity contribution in [3.8, 4) is 11.4 Å². The Kier molecular flexibility index (Phi) is 15.4. The zero-order valence-corrected chi connectivity index (χ0v) is 21.5. The van der Waals surface area contributed by atoms with Gasteiger partial charge in [-0.25, -0.2) is 18.7 Å². The zero-order chi connectivity index (χ0) is 24.3. The summed E-state index contributed by atoms with van der Waals surface area (Å²) in [4.78, 5) is 8.63. The fraction of sp³-hybridized carbons (Fsp3) is 0.667. The van der Waals surface area contributed by atoms with Crippen LogP contribution in [-0.2, 0) is 6.42 Å². The second kappa shape index (κ2) is 18.5. The Balaban J connectivity index is 1.41. The molecule has 0 atom stereocenters. The average molecular weight is 473 g/mol. The first-order valence-corrected chi connectivity index (χ1v) is 14.0. The van der Waals surface area contributed by atoms with E-state index in [-0.39, 0.29) is 5.56 Å². The number of unbranched alkanes of at least 4 members (excludes halogenated alkanes) is 17. The Morgan fingerprint density at radius 3 is 1.62 bits per heavy atom. The highest BCUT2D eigenvalue weighted by molar-refractivity contribution is 5.55. The summed E-state index contributed by atoms with van der Waals surface area (Å²) in [5.74, 6) is -0.876. The van der Waals surface area contributed by atoms with Crippen molar-refractivity contribution in [2.45, 2.75) is 129 Å². The molecule has 0 bridgehead atoms. The summed E-state index contributed by atoms with van der Waals surface area (Å²) < 4.78 is 27.1. The molecule has 2 rings (SSSR count). The maximum atomic E-state index is 14.0. The van der Waals surface area contributed by atoms with Crippen LogP contribution in [0.2, 0.25) is 0 Å². The van der Waals surface area contributed by atoms with Crippen molar-refractivity contribution in [2.24, 2.45) is 0 Å². The highest BCUT2D eigenvalue weighted by Gasteiger charge is 2.09. The third-order valence-corrected chi connectivity index (χ3v) is 6.67. The Morgan fingerprint density at radius 1 is 0.618 bits per heavy atom. The van der Waals surface area contributed by atoms with Gasteiger partial charge in [0.2, 0.25) is 0 Å². The average Bonchev–Trinajstić information content (AvgIpc) is 2.83. The van der Waals surface area contributed by atoms with Crippen LogP contribution in [0.3, 0.4) is 0 Å². The van der Waals surface area contributed by atoms with Crippen LogP contribution in [-0.4, -0.2) is 9.97 Å². The van der Waals surface area contributed by atoms with Gasteiger partial charge in [0.05, 0.1) is 5.56 Å². The molecule has 4 heteroatoms. The number of nitrogens with zero attached hydrogens (tertiary/aromatic N) is 2. The molecule has 0 N–H and O–H groups in total. The normalized spacial score (nSPS) is 11.3. The summed E-state index contributed by atoms with van der Waals surface area (Å²) in [5, 5.41) is 0. The van der Waals surface area contributed by atoms with Crippen LogP contribution >= 0.6 is 0 Å². The molecular weight excluding hydrogens is 426 g/mol. The molecule has 0 aliphatic carbocycles. The van der Waals surface area contributed by atoms with Crippen molar-refractivity contribution >= 4 is 0 Å². The summed E-state index contributed by atoms with van der Waals surface area (Å²) in [7, 11) is 0. The molecule has 0 unspecified atom stereocenters. The number of hydrogen-bond acceptors (Lipinski definition) is 2. The molecule has 0 amide bonds. The van der Waals surface area contributed by atoms with Crippen LogP contribution in [0.1, 0.15) is 128 Å². The van der Waals surface area contributed by atoms with Gasteiger partial charge in [-0.1, -0.05) is 116 Å². The third-order valence-electron chi connectivity index (χ3n) is 6.67. The first kappa shape index (κ1) is 28.4. The Labute approximate surface area is 207 Å². The maximum absolute atomic E-state index is 14.0. The second-order valence-electron chi connectivity index (χ2n) is 9.76. The quantitative estimate of drug-likeness (QED) is 0.179. The van der Waals surface area contributed by atoms with Crippen molar-refractivity contribution in [2.75, 3.05) is 0 Å². The van der Waals surface area contributed by atoms with E-state index in [2.05, 4.69) is 16.9 Å². The van der Waals surface area contributed by atoms with Crippen molar-refractivity contribution in [1.29, 1.82) is 0 Å². The number of halogens is 2. The molecule has 2 nitrogen and oxygen atoms in total. The first-order chi connectivity index (χ1) is 16.7. The lowest BCUT2D eigenvalue weighted by Crippen LogP contribution is -1.97. The third kappa shape index (κ3) is 12.6. The SMILES string of the molecule is CCCCCCCCCCCCCCCCCCCCc1ccnc(-c2ccc(F)cc2F)n1. The standard InChI is InChI=1S/C30H46F2N2/c1-2-3-4-5-6-7-8-9-10-11-12-13-14-15-16-17-18-19-20-27-23-24-33-30(34-27)28-22-21-26(31)25-29(28)32/h21-25H,2-20H2,1H3. The molecule has 0 saturated heterocycles. The summed E-state index contributed by atoms with van der Waals surface area (Å²) in [6.45, 7) is 2.28. The van der Waals surface area contributed by atoms with Gasteiger partial charge >= 0.3 is 0 Å². The van der Waals surface area contributed by atoms with Crippen LogP contribution in [0.5, 0.6) is 0 Å². The fourth-order valence-electron chi connectivity index (χ4n) is 4.54. The van der Waals surface area contributed by atoms with Crippen molar-refractivity contribution in [1.82, 2.24) is 9.97 Å². The minimum atomic E-state index is -0.620. The van der Waals surface area contributed by atoms with Gasteiger partial charge in [0, 0.05) is 18.0 Å². The van der Waals surface area contributed by atoms with E-state index in [0.717, 1.165) is 24.6 Å². The van der Waals surface area contributed by atoms with Crippen LogP contribution < -0.4 is 0 Å². The van der Waals surface area contributed by atoms with E-state index in [1.54, 1.807) is 6.20 Å². The minimum absolute atomic E-state index is 0.251. The maximum Gasteiger partial charge on any atom is 0.162 e.